The van der Waals surface area contributed by atoms with Crippen molar-refractivity contribution in [2.24, 2.45) is 0 Å². The van der Waals surface area contributed by atoms with E-state index in [1.54, 1.807) is 24.2 Å². The van der Waals surface area contributed by atoms with Crippen molar-refractivity contribution in [1.82, 2.24) is 20.3 Å². The van der Waals surface area contributed by atoms with Crippen LogP contribution in [0.1, 0.15) is 17.7 Å². The molecule has 1 aliphatic heterocycles. The molecule has 2 heterocycles. The maximum Gasteiger partial charge on any atom is 0.237 e. The summed E-state index contributed by atoms with van der Waals surface area (Å²) in [6, 6.07) is 19.8. The van der Waals surface area contributed by atoms with Gasteiger partial charge in [-0.05, 0) is 16.7 Å². The molecule has 2 amide bonds. The molecule has 1 aliphatic rings. The van der Waals surface area contributed by atoms with Crippen LogP contribution in [0.4, 0.5) is 0 Å². The average Bonchev–Trinajstić information content (AvgIpc) is 3.30. The number of nitrogens with one attached hydrogen (secondary N) is 1. The third kappa shape index (κ3) is 5.19. The predicted molar refractivity (Wildman–Crippen MR) is 117 cm³/mol. The van der Waals surface area contributed by atoms with E-state index in [1.807, 2.05) is 18.2 Å². The van der Waals surface area contributed by atoms with E-state index in [9.17, 15) is 9.59 Å². The maximum atomic E-state index is 12.7. The van der Waals surface area contributed by atoms with Gasteiger partial charge in [-0.2, -0.15) is 0 Å². The van der Waals surface area contributed by atoms with Gasteiger partial charge in [0, 0.05) is 32.7 Å². The van der Waals surface area contributed by atoms with Gasteiger partial charge in [0.25, 0.3) is 0 Å². The van der Waals surface area contributed by atoms with Crippen LogP contribution in [0.25, 0.3) is 11.1 Å². The molecular weight excluding hydrogens is 392 g/mol. The molecule has 0 bridgehead atoms. The first-order valence-electron chi connectivity index (χ1n) is 10.4. The first-order chi connectivity index (χ1) is 15.1. The monoisotopic (exact) mass is 418 g/mol. The second-order valence-corrected chi connectivity index (χ2v) is 7.77. The molecular formula is C24H26N4O3. The van der Waals surface area contributed by atoms with E-state index in [2.05, 4.69) is 51.8 Å². The average molecular weight is 418 g/mol. The second-order valence-electron chi connectivity index (χ2n) is 7.77. The van der Waals surface area contributed by atoms with Crippen LogP contribution < -0.4 is 5.32 Å². The van der Waals surface area contributed by atoms with Crippen molar-refractivity contribution in [1.29, 1.82) is 0 Å². The number of rotatable bonds is 7. The van der Waals surface area contributed by atoms with Crippen molar-refractivity contribution >= 4 is 11.8 Å². The van der Waals surface area contributed by atoms with Crippen LogP contribution in [-0.2, 0) is 22.7 Å². The Morgan fingerprint density at radius 1 is 1.13 bits per heavy atom. The highest BCUT2D eigenvalue weighted by atomic mass is 16.5. The number of amides is 2. The van der Waals surface area contributed by atoms with E-state index in [4.69, 9.17) is 4.52 Å². The van der Waals surface area contributed by atoms with Crippen molar-refractivity contribution in [3.05, 3.63) is 78.2 Å². The van der Waals surface area contributed by atoms with Crippen LogP contribution >= 0.6 is 0 Å². The molecule has 1 atom stereocenters. The Hall–Kier alpha value is -3.45. The molecule has 0 unspecified atom stereocenters. The van der Waals surface area contributed by atoms with E-state index >= 15 is 0 Å². The maximum absolute atomic E-state index is 12.7. The molecule has 3 aromatic rings. The second kappa shape index (κ2) is 9.57. The number of hydrogen-bond acceptors (Lipinski definition) is 5. The van der Waals surface area contributed by atoms with Gasteiger partial charge in [-0.25, -0.2) is 0 Å². The molecule has 31 heavy (non-hydrogen) atoms. The van der Waals surface area contributed by atoms with Crippen molar-refractivity contribution in [2.75, 3.05) is 20.1 Å². The molecule has 0 spiro atoms. The fourth-order valence-electron chi connectivity index (χ4n) is 3.81. The molecule has 4 rings (SSSR count). The number of aromatic nitrogens is 1. The van der Waals surface area contributed by atoms with E-state index in [0.717, 1.165) is 11.1 Å². The van der Waals surface area contributed by atoms with E-state index in [0.29, 0.717) is 31.9 Å². The van der Waals surface area contributed by atoms with Crippen LogP contribution in [0, 0.1) is 0 Å². The highest BCUT2D eigenvalue weighted by Gasteiger charge is 2.32. The van der Waals surface area contributed by atoms with Crippen LogP contribution in [-0.4, -0.2) is 52.9 Å². The lowest BCUT2D eigenvalue weighted by atomic mass is 10.0. The van der Waals surface area contributed by atoms with Gasteiger partial charge in [-0.3, -0.25) is 14.5 Å². The lowest BCUT2D eigenvalue weighted by Crippen LogP contribution is -2.56. The van der Waals surface area contributed by atoms with Crippen LogP contribution in [0.2, 0.25) is 0 Å². The van der Waals surface area contributed by atoms with Gasteiger partial charge in [0.15, 0.2) is 5.76 Å². The summed E-state index contributed by atoms with van der Waals surface area (Å²) in [7, 11) is 1.71. The van der Waals surface area contributed by atoms with Crippen LogP contribution in [0.15, 0.2) is 71.4 Å². The normalized spacial score (nSPS) is 16.7. The van der Waals surface area contributed by atoms with Gasteiger partial charge in [0.05, 0.1) is 25.2 Å². The lowest BCUT2D eigenvalue weighted by molar-refractivity contribution is -0.138. The van der Waals surface area contributed by atoms with Crippen molar-refractivity contribution in [3.8, 4) is 11.1 Å². The van der Waals surface area contributed by atoms with Crippen LogP contribution in [0.3, 0.4) is 0 Å². The first-order valence-corrected chi connectivity index (χ1v) is 10.4. The number of piperazine rings is 1. The molecule has 7 heteroatoms. The number of benzene rings is 2. The molecule has 160 valence electrons. The van der Waals surface area contributed by atoms with Crippen LogP contribution in [0.5, 0.6) is 0 Å². The summed E-state index contributed by atoms with van der Waals surface area (Å²) in [4.78, 5) is 28.9. The third-order valence-corrected chi connectivity index (χ3v) is 5.57. The fraction of sp³-hybridized carbons (Fsp3) is 0.292. The number of nitrogens with zero attached hydrogens (tertiary/aromatic N) is 3. The molecule has 1 fully saturated rings. The largest absolute Gasteiger partial charge is 0.360 e. The molecule has 1 N–H and O–H groups in total. The lowest BCUT2D eigenvalue weighted by Gasteiger charge is -2.35. The summed E-state index contributed by atoms with van der Waals surface area (Å²) in [5.74, 6) is 0.399. The molecule has 7 nitrogen and oxygen atoms in total. The highest BCUT2D eigenvalue weighted by molar-refractivity contribution is 5.88. The standard InChI is InChI=1S/C24H26N4O3/c1-27(17-21-11-12-26-31-21)23(29)15-22-24(30)25-13-14-28(22)16-18-7-9-20(10-8-18)19-5-3-2-4-6-19/h2-12,22H,13-17H2,1H3,(H,25,30)/t22-/m1/s1. The zero-order valence-corrected chi connectivity index (χ0v) is 17.5. The van der Waals surface area contributed by atoms with Gasteiger partial charge in [0.2, 0.25) is 11.8 Å². The molecule has 1 saturated heterocycles. The van der Waals surface area contributed by atoms with E-state index in [-0.39, 0.29) is 18.2 Å². The molecule has 0 saturated carbocycles. The quantitative estimate of drug-likeness (QED) is 0.638. The van der Waals surface area contributed by atoms with E-state index < -0.39 is 6.04 Å². The van der Waals surface area contributed by atoms with Gasteiger partial charge in [-0.15, -0.1) is 0 Å². The Labute approximate surface area is 181 Å². The molecule has 0 aliphatic carbocycles. The van der Waals surface area contributed by atoms with Crippen molar-refractivity contribution < 1.29 is 14.1 Å². The Morgan fingerprint density at radius 2 is 1.87 bits per heavy atom. The Morgan fingerprint density at radius 3 is 2.58 bits per heavy atom. The minimum Gasteiger partial charge on any atom is -0.360 e. The highest BCUT2D eigenvalue weighted by Crippen LogP contribution is 2.21. The summed E-state index contributed by atoms with van der Waals surface area (Å²) >= 11 is 0. The fourth-order valence-corrected chi connectivity index (χ4v) is 3.81. The first kappa shape index (κ1) is 20.8. The smallest absolute Gasteiger partial charge is 0.237 e. The van der Waals surface area contributed by atoms with Gasteiger partial charge >= 0.3 is 0 Å². The predicted octanol–water partition coefficient (Wildman–Crippen LogP) is 2.69. The third-order valence-electron chi connectivity index (χ3n) is 5.57. The minimum absolute atomic E-state index is 0.103. The van der Waals surface area contributed by atoms with Crippen molar-refractivity contribution in [3.63, 3.8) is 0 Å². The van der Waals surface area contributed by atoms with Crippen molar-refractivity contribution in [2.45, 2.75) is 25.6 Å². The summed E-state index contributed by atoms with van der Waals surface area (Å²) < 4.78 is 5.07. The number of hydrogen-bond donors (Lipinski definition) is 1. The zero-order chi connectivity index (χ0) is 21.6. The molecule has 1 aromatic heterocycles. The number of carbonyl (C=O) groups excluding carboxylic acids is 2. The van der Waals surface area contributed by atoms with Gasteiger partial charge < -0.3 is 14.7 Å². The molecule has 2 aromatic carbocycles. The summed E-state index contributed by atoms with van der Waals surface area (Å²) in [5.41, 5.74) is 3.44. The summed E-state index contributed by atoms with van der Waals surface area (Å²) in [6.07, 6.45) is 1.67. The minimum atomic E-state index is -0.493. The molecule has 0 radical (unpaired) electrons. The topological polar surface area (TPSA) is 78.7 Å². The Balaban J connectivity index is 1.41. The Bertz CT molecular complexity index is 1000. The summed E-state index contributed by atoms with van der Waals surface area (Å²) in [6.45, 7) is 2.23. The van der Waals surface area contributed by atoms with E-state index in [1.165, 1.54) is 5.56 Å². The Kier molecular flexibility index (Phi) is 6.43. The number of carbonyl (C=O) groups is 2. The SMILES string of the molecule is CN(Cc1ccno1)C(=O)C[C@@H]1C(=O)NCCN1Cc1ccc(-c2ccccc2)cc1. The summed E-state index contributed by atoms with van der Waals surface area (Å²) in [5, 5.41) is 6.55. The van der Waals surface area contributed by atoms with Gasteiger partial charge in [-0.1, -0.05) is 59.8 Å². The zero-order valence-electron chi connectivity index (χ0n) is 17.5. The van der Waals surface area contributed by atoms with Gasteiger partial charge in [0.1, 0.15) is 0 Å².